The van der Waals surface area contributed by atoms with Crippen molar-refractivity contribution in [3.8, 4) is 0 Å². The van der Waals surface area contributed by atoms with E-state index >= 15 is 0 Å². The molecule has 0 aliphatic heterocycles. The average Bonchev–Trinajstić information content (AvgIpc) is 3.02. The summed E-state index contributed by atoms with van der Waals surface area (Å²) < 4.78 is 5.42. The Morgan fingerprint density at radius 3 is 2.35 bits per heavy atom. The molecule has 1 unspecified atom stereocenters. The van der Waals surface area contributed by atoms with Crippen LogP contribution in [0.25, 0.3) is 0 Å². The van der Waals surface area contributed by atoms with E-state index in [4.69, 9.17) is 4.74 Å². The number of likely N-dealkylation sites (N-methyl/N-ethyl adjacent to an activating group) is 1. The second kappa shape index (κ2) is 5.61. The Balaban J connectivity index is 2.74. The maximum atomic E-state index is 12.2. The predicted octanol–water partition coefficient (Wildman–Crippen LogP) is 2.45. The Morgan fingerprint density at radius 1 is 1.41 bits per heavy atom. The zero-order valence-corrected chi connectivity index (χ0v) is 12.4. The number of ether oxygens (including phenoxy) is 1. The smallest absolute Gasteiger partial charge is 0.327 e. The average molecular weight is 259 g/mol. The first-order valence-corrected chi connectivity index (χ1v) is 7.34. The van der Waals surface area contributed by atoms with Gasteiger partial charge in [0.05, 0.1) is 6.61 Å². The first-order chi connectivity index (χ1) is 7.85. The van der Waals surface area contributed by atoms with E-state index in [1.165, 1.54) is 0 Å². The van der Waals surface area contributed by atoms with Gasteiger partial charge in [0.15, 0.2) is 0 Å². The van der Waals surface area contributed by atoms with Crippen LogP contribution in [0.4, 0.5) is 0 Å². The molecule has 0 amide bonds. The van der Waals surface area contributed by atoms with Gasteiger partial charge in [-0.2, -0.15) is 11.8 Å². The Kier molecular flexibility index (Phi) is 4.90. The van der Waals surface area contributed by atoms with Crippen LogP contribution in [0.1, 0.15) is 40.5 Å². The highest BCUT2D eigenvalue weighted by Crippen LogP contribution is 2.43. The minimum atomic E-state index is -0.478. The van der Waals surface area contributed by atoms with Gasteiger partial charge >= 0.3 is 5.97 Å². The fourth-order valence-electron chi connectivity index (χ4n) is 1.89. The van der Waals surface area contributed by atoms with Gasteiger partial charge in [-0.1, -0.05) is 20.8 Å². The number of carbonyl (C=O) groups is 1. The van der Waals surface area contributed by atoms with Crippen molar-refractivity contribution in [2.45, 2.75) is 50.8 Å². The molecule has 1 saturated carbocycles. The maximum absolute atomic E-state index is 12.2. The monoisotopic (exact) mass is 259 g/mol. The topological polar surface area (TPSA) is 38.3 Å². The van der Waals surface area contributed by atoms with Crippen molar-refractivity contribution in [2.75, 3.05) is 19.4 Å². The Bertz CT molecular complexity index is 271. The summed E-state index contributed by atoms with van der Waals surface area (Å²) in [5.41, 5.74) is -0.478. The van der Waals surface area contributed by atoms with Gasteiger partial charge in [0.1, 0.15) is 5.54 Å². The summed E-state index contributed by atoms with van der Waals surface area (Å²) in [6.45, 7) is 8.85. The summed E-state index contributed by atoms with van der Waals surface area (Å²) >= 11 is 1.82. The van der Waals surface area contributed by atoms with E-state index in [1.54, 1.807) is 0 Å². The molecule has 0 spiro atoms. The molecule has 100 valence electrons. The fraction of sp³-hybridized carbons (Fsp3) is 0.923. The van der Waals surface area contributed by atoms with Crippen molar-refractivity contribution in [1.82, 2.24) is 5.32 Å². The van der Waals surface area contributed by atoms with Crippen molar-refractivity contribution in [3.63, 3.8) is 0 Å². The Hall–Kier alpha value is -0.220. The van der Waals surface area contributed by atoms with Crippen LogP contribution in [-0.4, -0.2) is 35.7 Å². The molecule has 0 heterocycles. The molecule has 0 bridgehead atoms. The molecule has 1 atom stereocenters. The number of hydrogen-bond acceptors (Lipinski definition) is 4. The summed E-state index contributed by atoms with van der Waals surface area (Å²) in [5, 5.41) is 3.24. The lowest BCUT2D eigenvalue weighted by Gasteiger charge is -2.33. The predicted molar refractivity (Wildman–Crippen MR) is 73.4 cm³/mol. The fourth-order valence-corrected chi connectivity index (χ4v) is 3.05. The maximum Gasteiger partial charge on any atom is 0.327 e. The van der Waals surface area contributed by atoms with Crippen molar-refractivity contribution in [1.29, 1.82) is 0 Å². The van der Waals surface area contributed by atoms with Crippen molar-refractivity contribution in [3.05, 3.63) is 0 Å². The second-order valence-corrected chi connectivity index (χ2v) is 7.42. The number of thioether (sulfide) groups is 1. The molecule has 1 N–H and O–H groups in total. The van der Waals surface area contributed by atoms with E-state index in [9.17, 15) is 4.79 Å². The molecule has 1 fully saturated rings. The highest BCUT2D eigenvalue weighted by Gasteiger charge is 2.51. The van der Waals surface area contributed by atoms with Gasteiger partial charge < -0.3 is 10.1 Å². The second-order valence-electron chi connectivity index (χ2n) is 5.62. The minimum Gasteiger partial charge on any atom is -0.465 e. The Morgan fingerprint density at radius 2 is 2.00 bits per heavy atom. The van der Waals surface area contributed by atoms with Gasteiger partial charge in [-0.3, -0.25) is 4.79 Å². The van der Waals surface area contributed by atoms with E-state index in [0.29, 0.717) is 12.5 Å². The van der Waals surface area contributed by atoms with Crippen LogP contribution in [-0.2, 0) is 9.53 Å². The zero-order chi connectivity index (χ0) is 13.1. The summed E-state index contributed by atoms with van der Waals surface area (Å²) in [6.07, 6.45) is 2.26. The standard InChI is InChI=1S/C13H25NO2S/c1-6-16-11(15)13(14-5,10-7-8-10)9-17-12(2,3)4/h10,14H,6-9H2,1-5H3. The van der Waals surface area contributed by atoms with E-state index < -0.39 is 5.54 Å². The van der Waals surface area contributed by atoms with E-state index in [2.05, 4.69) is 26.1 Å². The molecule has 0 saturated heterocycles. The van der Waals surface area contributed by atoms with Gasteiger partial charge in [0, 0.05) is 10.5 Å². The highest BCUT2D eigenvalue weighted by molar-refractivity contribution is 8.00. The van der Waals surface area contributed by atoms with Crippen LogP contribution in [0.2, 0.25) is 0 Å². The molecule has 1 aliphatic carbocycles. The van der Waals surface area contributed by atoms with E-state index in [1.807, 2.05) is 25.7 Å². The largest absolute Gasteiger partial charge is 0.465 e. The summed E-state index contributed by atoms with van der Waals surface area (Å²) in [4.78, 5) is 12.2. The number of rotatable bonds is 6. The third kappa shape index (κ3) is 3.88. The molecule has 1 aliphatic rings. The van der Waals surface area contributed by atoms with E-state index in [0.717, 1.165) is 18.6 Å². The highest BCUT2D eigenvalue weighted by atomic mass is 32.2. The van der Waals surface area contributed by atoms with Gasteiger partial charge in [0.25, 0.3) is 0 Å². The first kappa shape index (κ1) is 14.8. The number of carbonyl (C=O) groups excluding carboxylic acids is 1. The molecule has 0 aromatic heterocycles. The van der Waals surface area contributed by atoms with Crippen LogP contribution in [0.3, 0.4) is 0 Å². The molecule has 17 heavy (non-hydrogen) atoms. The summed E-state index contributed by atoms with van der Waals surface area (Å²) in [5.74, 6) is 1.15. The molecule has 4 heteroatoms. The van der Waals surface area contributed by atoms with Crippen LogP contribution in [0.5, 0.6) is 0 Å². The lowest BCUT2D eigenvalue weighted by molar-refractivity contribution is -0.150. The third-order valence-corrected chi connectivity index (χ3v) is 4.56. The molecule has 0 aromatic rings. The number of esters is 1. The number of nitrogens with one attached hydrogen (secondary N) is 1. The minimum absolute atomic E-state index is 0.0817. The molecular formula is C13H25NO2S. The lowest BCUT2D eigenvalue weighted by atomic mass is 9.96. The van der Waals surface area contributed by atoms with Crippen LogP contribution < -0.4 is 5.32 Å². The molecule has 1 rings (SSSR count). The molecule has 0 radical (unpaired) electrons. The SMILES string of the molecule is CCOC(=O)C(CSC(C)(C)C)(NC)C1CC1. The van der Waals surface area contributed by atoms with Crippen LogP contribution in [0, 0.1) is 5.92 Å². The van der Waals surface area contributed by atoms with Gasteiger partial charge in [-0.05, 0) is 32.7 Å². The number of hydrogen-bond donors (Lipinski definition) is 1. The normalized spacial score (nSPS) is 19.8. The molecular weight excluding hydrogens is 234 g/mol. The van der Waals surface area contributed by atoms with Gasteiger partial charge in [-0.15, -0.1) is 0 Å². The van der Waals surface area contributed by atoms with Crippen molar-refractivity contribution >= 4 is 17.7 Å². The van der Waals surface area contributed by atoms with Crippen molar-refractivity contribution in [2.24, 2.45) is 5.92 Å². The summed E-state index contributed by atoms with van der Waals surface area (Å²) in [6, 6.07) is 0. The third-order valence-electron chi connectivity index (χ3n) is 3.09. The van der Waals surface area contributed by atoms with E-state index in [-0.39, 0.29) is 10.7 Å². The molecule has 0 aromatic carbocycles. The quantitative estimate of drug-likeness (QED) is 0.744. The van der Waals surface area contributed by atoms with Crippen LogP contribution in [0.15, 0.2) is 0 Å². The first-order valence-electron chi connectivity index (χ1n) is 6.36. The Labute approximate surface area is 109 Å². The zero-order valence-electron chi connectivity index (χ0n) is 11.6. The van der Waals surface area contributed by atoms with Gasteiger partial charge in [0.2, 0.25) is 0 Å². The lowest BCUT2D eigenvalue weighted by Crippen LogP contribution is -2.56. The van der Waals surface area contributed by atoms with Crippen LogP contribution >= 0.6 is 11.8 Å². The van der Waals surface area contributed by atoms with Crippen molar-refractivity contribution < 1.29 is 9.53 Å². The van der Waals surface area contributed by atoms with Gasteiger partial charge in [-0.25, -0.2) is 0 Å². The molecule has 3 nitrogen and oxygen atoms in total. The summed E-state index contributed by atoms with van der Waals surface area (Å²) in [7, 11) is 1.87.